The molecule has 1 heterocycles. The Morgan fingerprint density at radius 3 is 2.90 bits per heavy atom. The second-order valence-corrected chi connectivity index (χ2v) is 3.23. The molecule has 1 aromatic rings. The van der Waals surface area contributed by atoms with E-state index in [2.05, 4.69) is 27.0 Å². The fourth-order valence-electron chi connectivity index (χ4n) is 1.06. The van der Waals surface area contributed by atoms with Crippen LogP contribution in [0.3, 0.4) is 0 Å². The van der Waals surface area contributed by atoms with Crippen LogP contribution in [0.5, 0.6) is 0 Å². The van der Waals surface area contributed by atoms with Gasteiger partial charge in [-0.05, 0) is 11.6 Å². The molecular weight excluding hydrogens is 190 g/mol. The molecule has 1 aromatic carbocycles. The Kier molecular flexibility index (Phi) is 1.34. The molecule has 1 atom stereocenters. The van der Waals surface area contributed by atoms with E-state index >= 15 is 0 Å². The number of aliphatic imine (C=N–C) groups is 1. The van der Waals surface area contributed by atoms with Gasteiger partial charge in [0.1, 0.15) is 0 Å². The van der Waals surface area contributed by atoms with Crippen LogP contribution >= 0.6 is 15.9 Å². The zero-order chi connectivity index (χ0) is 6.97. The highest BCUT2D eigenvalue weighted by molar-refractivity contribution is 9.09. The third kappa shape index (κ3) is 0.797. The average molecular weight is 196 g/mol. The zero-order valence-electron chi connectivity index (χ0n) is 5.29. The summed E-state index contributed by atoms with van der Waals surface area (Å²) >= 11 is 3.49. The van der Waals surface area contributed by atoms with Gasteiger partial charge in [-0.1, -0.05) is 34.1 Å². The summed E-state index contributed by atoms with van der Waals surface area (Å²) in [5, 5.41) is 0. The fraction of sp³-hybridized carbons (Fsp3) is 0.125. The van der Waals surface area contributed by atoms with Crippen molar-refractivity contribution in [3.63, 3.8) is 0 Å². The van der Waals surface area contributed by atoms with Gasteiger partial charge in [-0.25, -0.2) is 0 Å². The predicted octanol–water partition coefficient (Wildman–Crippen LogP) is 2.84. The number of para-hydroxylation sites is 1. The van der Waals surface area contributed by atoms with Crippen molar-refractivity contribution in [2.45, 2.75) is 4.83 Å². The SMILES string of the molecule is BrC1C=Nc2ccccc21. The number of alkyl halides is 1. The van der Waals surface area contributed by atoms with E-state index in [1.54, 1.807) is 0 Å². The lowest BCUT2D eigenvalue weighted by Crippen LogP contribution is -1.81. The van der Waals surface area contributed by atoms with Crippen molar-refractivity contribution in [3.05, 3.63) is 29.8 Å². The molecule has 10 heavy (non-hydrogen) atoms. The second kappa shape index (κ2) is 2.20. The molecule has 0 saturated carbocycles. The molecule has 0 radical (unpaired) electrons. The molecule has 2 rings (SSSR count). The van der Waals surface area contributed by atoms with E-state index in [4.69, 9.17) is 0 Å². The Labute approximate surface area is 67.9 Å². The summed E-state index contributed by atoms with van der Waals surface area (Å²) in [6, 6.07) is 8.14. The van der Waals surface area contributed by atoms with Crippen LogP contribution in [0, 0.1) is 0 Å². The van der Waals surface area contributed by atoms with Crippen LogP contribution in [0.4, 0.5) is 5.69 Å². The van der Waals surface area contributed by atoms with Crippen LogP contribution in [-0.2, 0) is 0 Å². The van der Waals surface area contributed by atoms with E-state index in [9.17, 15) is 0 Å². The van der Waals surface area contributed by atoms with Gasteiger partial charge in [0, 0.05) is 6.21 Å². The Morgan fingerprint density at radius 2 is 2.10 bits per heavy atom. The predicted molar refractivity (Wildman–Crippen MR) is 46.3 cm³/mol. The molecule has 0 spiro atoms. The summed E-state index contributed by atoms with van der Waals surface area (Å²) in [6.07, 6.45) is 1.91. The highest BCUT2D eigenvalue weighted by Gasteiger charge is 2.13. The van der Waals surface area contributed by atoms with Gasteiger partial charge in [-0.15, -0.1) is 0 Å². The zero-order valence-corrected chi connectivity index (χ0v) is 6.88. The minimum atomic E-state index is 0.323. The van der Waals surface area contributed by atoms with E-state index in [-0.39, 0.29) is 0 Å². The van der Waals surface area contributed by atoms with Crippen LogP contribution in [-0.4, -0.2) is 6.21 Å². The third-order valence-corrected chi connectivity index (χ3v) is 2.31. The van der Waals surface area contributed by atoms with Gasteiger partial charge in [-0.2, -0.15) is 0 Å². The van der Waals surface area contributed by atoms with Gasteiger partial charge in [0.15, 0.2) is 0 Å². The third-order valence-electron chi connectivity index (χ3n) is 1.58. The van der Waals surface area contributed by atoms with Crippen molar-refractivity contribution < 1.29 is 0 Å². The van der Waals surface area contributed by atoms with Gasteiger partial charge in [0.05, 0.1) is 10.5 Å². The quantitative estimate of drug-likeness (QED) is 0.565. The Bertz CT molecular complexity index is 280. The molecule has 1 aliphatic rings. The van der Waals surface area contributed by atoms with E-state index in [0.717, 1.165) is 5.69 Å². The van der Waals surface area contributed by atoms with Crippen LogP contribution in [0.1, 0.15) is 10.4 Å². The summed E-state index contributed by atoms with van der Waals surface area (Å²) in [7, 11) is 0. The average Bonchev–Trinajstić information content (AvgIpc) is 2.34. The van der Waals surface area contributed by atoms with Gasteiger partial charge < -0.3 is 0 Å². The number of hydrogen-bond donors (Lipinski definition) is 0. The molecule has 0 N–H and O–H groups in total. The minimum absolute atomic E-state index is 0.323. The summed E-state index contributed by atoms with van der Waals surface area (Å²) in [6.45, 7) is 0. The van der Waals surface area contributed by atoms with Gasteiger partial charge in [-0.3, -0.25) is 4.99 Å². The Morgan fingerprint density at radius 1 is 1.30 bits per heavy atom. The van der Waals surface area contributed by atoms with Crippen molar-refractivity contribution in [2.75, 3.05) is 0 Å². The number of halogens is 1. The van der Waals surface area contributed by atoms with Crippen LogP contribution < -0.4 is 0 Å². The number of nitrogens with zero attached hydrogens (tertiary/aromatic N) is 1. The number of benzene rings is 1. The van der Waals surface area contributed by atoms with Crippen LogP contribution in [0.25, 0.3) is 0 Å². The van der Waals surface area contributed by atoms with Crippen molar-refractivity contribution in [3.8, 4) is 0 Å². The minimum Gasteiger partial charge on any atom is -0.259 e. The van der Waals surface area contributed by atoms with Crippen molar-refractivity contribution in [1.29, 1.82) is 0 Å². The number of fused-ring (bicyclic) bond motifs is 1. The van der Waals surface area contributed by atoms with Gasteiger partial charge >= 0.3 is 0 Å². The van der Waals surface area contributed by atoms with E-state index in [0.29, 0.717) is 4.83 Å². The molecule has 1 aliphatic heterocycles. The fourth-order valence-corrected chi connectivity index (χ4v) is 1.57. The standard InChI is InChI=1S/C8H6BrN/c9-7-5-10-8-4-2-1-3-6(7)8/h1-5,7H. The number of rotatable bonds is 0. The molecule has 1 unspecified atom stereocenters. The maximum Gasteiger partial charge on any atom is 0.0768 e. The molecule has 0 bridgehead atoms. The van der Waals surface area contributed by atoms with Crippen molar-refractivity contribution >= 4 is 27.8 Å². The van der Waals surface area contributed by atoms with E-state index < -0.39 is 0 Å². The summed E-state index contributed by atoms with van der Waals surface area (Å²) in [5.74, 6) is 0. The summed E-state index contributed by atoms with van der Waals surface area (Å²) < 4.78 is 0. The first-order valence-electron chi connectivity index (χ1n) is 3.15. The smallest absolute Gasteiger partial charge is 0.0768 e. The molecule has 1 nitrogen and oxygen atoms in total. The highest BCUT2D eigenvalue weighted by Crippen LogP contribution is 2.34. The van der Waals surface area contributed by atoms with Crippen molar-refractivity contribution in [2.24, 2.45) is 4.99 Å². The lowest BCUT2D eigenvalue weighted by molar-refractivity contribution is 1.40. The first-order valence-corrected chi connectivity index (χ1v) is 4.07. The largest absolute Gasteiger partial charge is 0.259 e. The summed E-state index contributed by atoms with van der Waals surface area (Å²) in [4.78, 5) is 4.53. The van der Waals surface area contributed by atoms with E-state index in [1.807, 2.05) is 24.4 Å². The molecular formula is C8H6BrN. The normalized spacial score (nSPS) is 21.1. The molecule has 0 saturated heterocycles. The topological polar surface area (TPSA) is 12.4 Å². The maximum atomic E-state index is 4.21. The van der Waals surface area contributed by atoms with Crippen LogP contribution in [0.15, 0.2) is 29.3 Å². The first kappa shape index (κ1) is 6.10. The Balaban J connectivity index is 2.59. The molecule has 0 aliphatic carbocycles. The van der Waals surface area contributed by atoms with Crippen LogP contribution in [0.2, 0.25) is 0 Å². The molecule has 2 heteroatoms. The highest BCUT2D eigenvalue weighted by atomic mass is 79.9. The Hall–Kier alpha value is -0.630. The number of hydrogen-bond acceptors (Lipinski definition) is 1. The van der Waals surface area contributed by atoms with Gasteiger partial charge in [0.2, 0.25) is 0 Å². The molecule has 0 amide bonds. The van der Waals surface area contributed by atoms with E-state index in [1.165, 1.54) is 5.56 Å². The maximum absolute atomic E-state index is 4.21. The second-order valence-electron chi connectivity index (χ2n) is 2.24. The van der Waals surface area contributed by atoms with Crippen molar-refractivity contribution in [1.82, 2.24) is 0 Å². The monoisotopic (exact) mass is 195 g/mol. The lowest BCUT2D eigenvalue weighted by Gasteiger charge is -1.97. The molecule has 0 aromatic heterocycles. The first-order chi connectivity index (χ1) is 4.88. The van der Waals surface area contributed by atoms with Gasteiger partial charge in [0.25, 0.3) is 0 Å². The molecule has 50 valence electrons. The summed E-state index contributed by atoms with van der Waals surface area (Å²) in [5.41, 5.74) is 2.35. The molecule has 0 fully saturated rings. The lowest BCUT2D eigenvalue weighted by atomic mass is 10.2.